The number of rotatable bonds is 5. The lowest BCUT2D eigenvalue weighted by Gasteiger charge is -2.18. The fourth-order valence-corrected chi connectivity index (χ4v) is 4.32. The summed E-state index contributed by atoms with van der Waals surface area (Å²) in [4.78, 5) is 27.0. The van der Waals surface area contributed by atoms with Crippen LogP contribution in [0.4, 0.5) is 10.1 Å². The van der Waals surface area contributed by atoms with Gasteiger partial charge in [0.25, 0.3) is 5.91 Å². The molecule has 0 saturated heterocycles. The third kappa shape index (κ3) is 4.49. The van der Waals surface area contributed by atoms with Crippen LogP contribution in [0.15, 0.2) is 42.5 Å². The number of carbonyl (C=O) groups is 2. The molecule has 4 rings (SSSR count). The lowest BCUT2D eigenvalue weighted by Crippen LogP contribution is -2.35. The van der Waals surface area contributed by atoms with Gasteiger partial charge in [-0.2, -0.15) is 5.10 Å². The van der Waals surface area contributed by atoms with Gasteiger partial charge in [0.1, 0.15) is 5.82 Å². The number of anilines is 1. The molecule has 0 spiro atoms. The van der Waals surface area contributed by atoms with Crippen molar-refractivity contribution >= 4 is 40.7 Å². The van der Waals surface area contributed by atoms with Gasteiger partial charge < -0.3 is 10.2 Å². The number of hydrogen-bond acceptors (Lipinski definition) is 3. The predicted octanol–water partition coefficient (Wildman–Crippen LogP) is 4.91. The van der Waals surface area contributed by atoms with Crippen molar-refractivity contribution in [3.63, 3.8) is 0 Å². The zero-order valence-corrected chi connectivity index (χ0v) is 18.9. The van der Waals surface area contributed by atoms with E-state index in [1.807, 2.05) is 0 Å². The third-order valence-corrected chi connectivity index (χ3v) is 6.04. The van der Waals surface area contributed by atoms with Gasteiger partial charge in [0, 0.05) is 18.3 Å². The lowest BCUT2D eigenvalue weighted by atomic mass is 9.95. The molecule has 2 amide bonds. The van der Waals surface area contributed by atoms with Gasteiger partial charge in [-0.15, -0.1) is 0 Å². The number of nitrogens with one attached hydrogen (secondary N) is 1. The van der Waals surface area contributed by atoms with Gasteiger partial charge >= 0.3 is 0 Å². The maximum absolute atomic E-state index is 13.4. The van der Waals surface area contributed by atoms with Crippen molar-refractivity contribution in [2.24, 2.45) is 0 Å². The van der Waals surface area contributed by atoms with Crippen LogP contribution >= 0.6 is 23.2 Å². The van der Waals surface area contributed by atoms with Crippen molar-refractivity contribution in [3.05, 3.63) is 75.3 Å². The molecule has 1 aliphatic carbocycles. The maximum atomic E-state index is 13.4. The third-order valence-electron chi connectivity index (χ3n) is 5.41. The second-order valence-corrected chi connectivity index (χ2v) is 8.49. The largest absolute Gasteiger partial charge is 0.331 e. The number of halogens is 3. The van der Waals surface area contributed by atoms with E-state index >= 15 is 0 Å². The molecular weight excluding hydrogens is 454 g/mol. The average Bonchev–Trinajstić information content (AvgIpc) is 3.16. The smallest absolute Gasteiger partial charge is 0.274 e. The van der Waals surface area contributed by atoms with Crippen molar-refractivity contribution in [3.8, 4) is 5.69 Å². The molecule has 3 aromatic rings. The van der Waals surface area contributed by atoms with Crippen LogP contribution in [0.2, 0.25) is 10.0 Å². The first kappa shape index (κ1) is 22.3. The summed E-state index contributed by atoms with van der Waals surface area (Å²) >= 11 is 12.2. The van der Waals surface area contributed by atoms with E-state index in [1.54, 1.807) is 42.1 Å². The fraction of sp³-hybridized carbons (Fsp3) is 0.261. The van der Waals surface area contributed by atoms with Crippen molar-refractivity contribution in [1.29, 1.82) is 0 Å². The molecule has 6 nitrogen and oxygen atoms in total. The number of para-hydroxylation sites is 1. The van der Waals surface area contributed by atoms with Crippen LogP contribution in [-0.4, -0.2) is 40.1 Å². The molecule has 0 unspecified atom stereocenters. The molecule has 0 radical (unpaired) electrons. The molecule has 1 aliphatic rings. The zero-order valence-electron chi connectivity index (χ0n) is 17.4. The SMILES string of the molecule is CN(CC(=O)Nc1c(Cl)cccc1Cl)C(=O)c1nn(-c2ccc(F)cc2)c2c1CCCC2. The fourth-order valence-electron chi connectivity index (χ4n) is 3.83. The Morgan fingerprint density at radius 2 is 1.75 bits per heavy atom. The van der Waals surface area contributed by atoms with Crippen LogP contribution in [0, 0.1) is 5.82 Å². The number of hydrogen-bond donors (Lipinski definition) is 1. The van der Waals surface area contributed by atoms with Gasteiger partial charge in [0.05, 0.1) is 28.0 Å². The van der Waals surface area contributed by atoms with Gasteiger partial charge in [-0.05, 0) is 62.1 Å². The van der Waals surface area contributed by atoms with Gasteiger partial charge in [-0.1, -0.05) is 29.3 Å². The highest BCUT2D eigenvalue weighted by atomic mass is 35.5. The first-order valence-electron chi connectivity index (χ1n) is 10.2. The number of benzene rings is 2. The second-order valence-electron chi connectivity index (χ2n) is 7.68. The van der Waals surface area contributed by atoms with Gasteiger partial charge in [-0.25, -0.2) is 9.07 Å². The summed E-state index contributed by atoms with van der Waals surface area (Å²) in [5.41, 5.74) is 3.14. The Hall–Kier alpha value is -2.90. The van der Waals surface area contributed by atoms with Crippen LogP contribution < -0.4 is 5.32 Å². The standard InChI is InChI=1S/C23H21Cl2FN4O2/c1-29(13-20(31)27-22-17(24)6-4-7-18(22)25)23(32)21-16-5-2-3-8-19(16)30(28-21)15-11-9-14(26)10-12-15/h4,6-7,9-12H,2-3,5,8,13H2,1H3,(H,27,31). The van der Waals surface area contributed by atoms with Crippen LogP contribution in [0.3, 0.4) is 0 Å². The number of amides is 2. The highest BCUT2D eigenvalue weighted by molar-refractivity contribution is 6.39. The van der Waals surface area contributed by atoms with Crippen molar-refractivity contribution in [1.82, 2.24) is 14.7 Å². The van der Waals surface area contributed by atoms with E-state index in [4.69, 9.17) is 23.2 Å². The first-order valence-corrected chi connectivity index (χ1v) is 11.0. The molecule has 9 heteroatoms. The summed E-state index contributed by atoms with van der Waals surface area (Å²) in [6, 6.07) is 10.9. The molecule has 1 aromatic heterocycles. The van der Waals surface area contributed by atoms with Crippen molar-refractivity contribution in [2.45, 2.75) is 25.7 Å². The van der Waals surface area contributed by atoms with Gasteiger partial charge in [-0.3, -0.25) is 9.59 Å². The molecule has 1 heterocycles. The Balaban J connectivity index is 1.56. The predicted molar refractivity (Wildman–Crippen MR) is 122 cm³/mol. The van der Waals surface area contributed by atoms with Gasteiger partial charge in [0.2, 0.25) is 5.91 Å². The molecule has 0 saturated carbocycles. The van der Waals surface area contributed by atoms with Crippen LogP contribution in [0.5, 0.6) is 0 Å². The van der Waals surface area contributed by atoms with Crippen LogP contribution in [0.25, 0.3) is 5.69 Å². The summed E-state index contributed by atoms with van der Waals surface area (Å²) in [5.74, 6) is -1.12. The average molecular weight is 475 g/mol. The second kappa shape index (κ2) is 9.30. The molecule has 2 aromatic carbocycles. The zero-order chi connectivity index (χ0) is 22.8. The molecule has 166 valence electrons. The monoisotopic (exact) mass is 474 g/mol. The molecular formula is C23H21Cl2FN4O2. The Morgan fingerprint density at radius 3 is 2.44 bits per heavy atom. The normalized spacial score (nSPS) is 12.9. The number of aromatic nitrogens is 2. The molecule has 1 N–H and O–H groups in total. The summed E-state index contributed by atoms with van der Waals surface area (Å²) in [6.07, 6.45) is 3.46. The van der Waals surface area contributed by atoms with E-state index in [0.29, 0.717) is 27.1 Å². The minimum Gasteiger partial charge on any atom is -0.331 e. The Labute approximate surface area is 194 Å². The van der Waals surface area contributed by atoms with E-state index in [2.05, 4.69) is 10.4 Å². The molecule has 0 atom stereocenters. The van der Waals surface area contributed by atoms with E-state index in [-0.39, 0.29) is 18.3 Å². The highest BCUT2D eigenvalue weighted by Crippen LogP contribution is 2.30. The summed E-state index contributed by atoms with van der Waals surface area (Å²) in [7, 11) is 1.54. The number of fused-ring (bicyclic) bond motifs is 1. The van der Waals surface area contributed by atoms with E-state index < -0.39 is 5.91 Å². The topological polar surface area (TPSA) is 67.2 Å². The Bertz CT molecular complexity index is 1160. The summed E-state index contributed by atoms with van der Waals surface area (Å²) in [5, 5.41) is 7.84. The minimum absolute atomic E-state index is 0.196. The van der Waals surface area contributed by atoms with Crippen LogP contribution in [-0.2, 0) is 17.6 Å². The first-order chi connectivity index (χ1) is 15.3. The van der Waals surface area contributed by atoms with Gasteiger partial charge in [0.15, 0.2) is 5.69 Å². The number of nitrogens with zero attached hydrogens (tertiary/aromatic N) is 3. The summed E-state index contributed by atoms with van der Waals surface area (Å²) < 4.78 is 15.1. The highest BCUT2D eigenvalue weighted by Gasteiger charge is 2.28. The van der Waals surface area contributed by atoms with E-state index in [1.165, 1.54) is 17.0 Å². The minimum atomic E-state index is -0.428. The Kier molecular flexibility index (Phi) is 6.48. The molecule has 0 bridgehead atoms. The quantitative estimate of drug-likeness (QED) is 0.571. The van der Waals surface area contributed by atoms with Crippen molar-refractivity contribution < 1.29 is 14.0 Å². The van der Waals surface area contributed by atoms with E-state index in [9.17, 15) is 14.0 Å². The maximum Gasteiger partial charge on any atom is 0.274 e. The van der Waals surface area contributed by atoms with Crippen molar-refractivity contribution in [2.75, 3.05) is 18.9 Å². The molecule has 32 heavy (non-hydrogen) atoms. The summed E-state index contributed by atoms with van der Waals surface area (Å²) in [6.45, 7) is -0.196. The van der Waals surface area contributed by atoms with E-state index in [0.717, 1.165) is 36.9 Å². The number of carbonyl (C=O) groups excluding carboxylic acids is 2. The molecule has 0 aliphatic heterocycles. The van der Waals surface area contributed by atoms with Crippen LogP contribution in [0.1, 0.15) is 34.6 Å². The lowest BCUT2D eigenvalue weighted by molar-refractivity contribution is -0.116. The number of likely N-dealkylation sites (N-methyl/N-ethyl adjacent to an activating group) is 1. The Morgan fingerprint density at radius 1 is 1.09 bits per heavy atom. The molecule has 0 fully saturated rings.